The van der Waals surface area contributed by atoms with Gasteiger partial charge >= 0.3 is 0 Å². The van der Waals surface area contributed by atoms with E-state index in [9.17, 15) is 0 Å². The molecular formula is C55H53BN2O. The first kappa shape index (κ1) is 37.3. The van der Waals surface area contributed by atoms with Gasteiger partial charge in [0.25, 0.3) is 6.71 Å². The smallest absolute Gasteiger partial charge is 0.252 e. The summed E-state index contributed by atoms with van der Waals surface area (Å²) in [5, 5.41) is 2.31. The Morgan fingerprint density at radius 1 is 0.458 bits per heavy atom. The maximum atomic E-state index is 6.30. The molecule has 2 aliphatic rings. The van der Waals surface area contributed by atoms with E-state index in [1.165, 1.54) is 78.2 Å². The maximum absolute atomic E-state index is 6.30. The molecule has 3 nitrogen and oxygen atoms in total. The van der Waals surface area contributed by atoms with E-state index >= 15 is 0 Å². The molecule has 10 rings (SSSR count). The summed E-state index contributed by atoms with van der Waals surface area (Å²) in [6.45, 7) is 23.1. The van der Waals surface area contributed by atoms with Crippen LogP contribution in [0.1, 0.15) is 84.6 Å². The molecule has 0 bridgehead atoms. The van der Waals surface area contributed by atoms with Crippen LogP contribution in [0.25, 0.3) is 33.1 Å². The van der Waals surface area contributed by atoms with E-state index < -0.39 is 0 Å². The Hall–Kier alpha value is -6.00. The summed E-state index contributed by atoms with van der Waals surface area (Å²) in [6, 6.07) is 52.6. The number of hydrogen-bond donors (Lipinski definition) is 0. The number of nitrogens with zero attached hydrogens (tertiary/aromatic N) is 2. The number of anilines is 6. The minimum Gasteiger partial charge on any atom is -0.456 e. The number of aryl methyl sites for hydroxylation is 1. The molecule has 0 atom stereocenters. The lowest BCUT2D eigenvalue weighted by atomic mass is 9.33. The van der Waals surface area contributed by atoms with Crippen molar-refractivity contribution in [2.45, 2.75) is 85.5 Å². The van der Waals surface area contributed by atoms with Gasteiger partial charge in [-0.25, -0.2) is 0 Å². The molecule has 0 unspecified atom stereocenters. The van der Waals surface area contributed by atoms with Crippen LogP contribution in [0.5, 0.6) is 0 Å². The van der Waals surface area contributed by atoms with Gasteiger partial charge in [0.05, 0.1) is 0 Å². The third-order valence-corrected chi connectivity index (χ3v) is 12.8. The third kappa shape index (κ3) is 6.02. The summed E-state index contributed by atoms with van der Waals surface area (Å²) in [6.07, 6.45) is 0. The normalized spacial score (nSPS) is 13.8. The summed E-state index contributed by atoms with van der Waals surface area (Å²) < 4.78 is 6.30. The number of furan rings is 1. The molecule has 2 aliphatic heterocycles. The van der Waals surface area contributed by atoms with Crippen molar-refractivity contribution >= 4 is 79.2 Å². The first-order valence-corrected chi connectivity index (χ1v) is 21.2. The highest BCUT2D eigenvalue weighted by atomic mass is 16.3. The van der Waals surface area contributed by atoms with Gasteiger partial charge in [-0.2, -0.15) is 0 Å². The monoisotopic (exact) mass is 768 g/mol. The summed E-state index contributed by atoms with van der Waals surface area (Å²) in [4.78, 5) is 5.09. The van der Waals surface area contributed by atoms with Gasteiger partial charge in [-0.3, -0.25) is 0 Å². The number of rotatable bonds is 3. The fourth-order valence-electron chi connectivity index (χ4n) is 9.53. The highest BCUT2D eigenvalue weighted by Crippen LogP contribution is 2.47. The Bertz CT molecular complexity index is 2950. The fraction of sp³-hybridized carbons (Fsp3) is 0.236. The Morgan fingerprint density at radius 2 is 0.949 bits per heavy atom. The van der Waals surface area contributed by atoms with E-state index in [0.717, 1.165) is 27.6 Å². The zero-order valence-corrected chi connectivity index (χ0v) is 36.2. The van der Waals surface area contributed by atoms with Crippen molar-refractivity contribution < 1.29 is 4.42 Å². The lowest BCUT2D eigenvalue weighted by molar-refractivity contribution is 0.590. The van der Waals surface area contributed by atoms with Crippen LogP contribution in [-0.2, 0) is 16.2 Å². The largest absolute Gasteiger partial charge is 0.456 e. The van der Waals surface area contributed by atoms with Crippen LogP contribution in [-0.4, -0.2) is 6.71 Å². The topological polar surface area (TPSA) is 19.6 Å². The van der Waals surface area contributed by atoms with Crippen LogP contribution in [0.4, 0.5) is 34.1 Å². The molecule has 59 heavy (non-hydrogen) atoms. The standard InChI is InChI=1S/C55H53BN2O/c1-34-30-47-52-48(31-34)58(40-26-20-36(21-27-40)53(2,3)4)46-33-38(55(8,9)10)23-29-44(46)56(52)43-28-22-37(54(5,6)7)32-45(43)57(47)39-24-18-35(19-25-39)41-15-13-17-50-51(41)42-14-11-12-16-49(42)59-50/h11-33H,1-10H3. The van der Waals surface area contributed by atoms with Crippen LogP contribution in [0.3, 0.4) is 0 Å². The summed E-state index contributed by atoms with van der Waals surface area (Å²) in [7, 11) is 0. The molecule has 0 fully saturated rings. The van der Waals surface area contributed by atoms with Crippen molar-refractivity contribution in [3.8, 4) is 11.1 Å². The quantitative estimate of drug-likeness (QED) is 0.167. The average molecular weight is 769 g/mol. The average Bonchev–Trinajstić information content (AvgIpc) is 3.58. The fourth-order valence-corrected chi connectivity index (χ4v) is 9.53. The van der Waals surface area contributed by atoms with Gasteiger partial charge < -0.3 is 14.2 Å². The number of para-hydroxylation sites is 1. The predicted molar refractivity (Wildman–Crippen MR) is 254 cm³/mol. The lowest BCUT2D eigenvalue weighted by Gasteiger charge is -2.45. The number of hydrogen-bond acceptors (Lipinski definition) is 3. The molecule has 1 aromatic heterocycles. The Kier molecular flexibility index (Phi) is 8.22. The Labute approximate surface area is 350 Å². The zero-order chi connectivity index (χ0) is 41.2. The van der Waals surface area contributed by atoms with Crippen molar-refractivity contribution in [1.29, 1.82) is 0 Å². The van der Waals surface area contributed by atoms with Crippen LogP contribution in [0.15, 0.2) is 144 Å². The number of benzene rings is 7. The minimum absolute atomic E-state index is 0.000114. The van der Waals surface area contributed by atoms with Crippen LogP contribution < -0.4 is 26.2 Å². The maximum Gasteiger partial charge on any atom is 0.252 e. The molecule has 0 saturated carbocycles. The van der Waals surface area contributed by atoms with Crippen molar-refractivity contribution in [1.82, 2.24) is 0 Å². The number of fused-ring (bicyclic) bond motifs is 7. The zero-order valence-electron chi connectivity index (χ0n) is 36.2. The summed E-state index contributed by atoms with van der Waals surface area (Å²) in [5.74, 6) is 0. The van der Waals surface area contributed by atoms with Gasteiger partial charge in [0.1, 0.15) is 11.2 Å². The summed E-state index contributed by atoms with van der Waals surface area (Å²) in [5.41, 5.74) is 20.8. The molecule has 8 aromatic rings. The van der Waals surface area contributed by atoms with E-state index in [4.69, 9.17) is 4.42 Å². The second-order valence-corrected chi connectivity index (χ2v) is 20.0. The van der Waals surface area contributed by atoms with Gasteiger partial charge in [0.2, 0.25) is 0 Å². The Morgan fingerprint density at radius 3 is 1.49 bits per heavy atom. The van der Waals surface area contributed by atoms with Gasteiger partial charge in [0.15, 0.2) is 0 Å². The Balaban J connectivity index is 1.21. The molecule has 292 valence electrons. The van der Waals surface area contributed by atoms with Gasteiger partial charge in [-0.05, 0) is 134 Å². The molecule has 0 spiro atoms. The lowest BCUT2D eigenvalue weighted by Crippen LogP contribution is -2.61. The van der Waals surface area contributed by atoms with Crippen molar-refractivity contribution in [2.24, 2.45) is 0 Å². The molecule has 0 amide bonds. The molecular weight excluding hydrogens is 715 g/mol. The van der Waals surface area contributed by atoms with E-state index in [1.54, 1.807) is 0 Å². The highest BCUT2D eigenvalue weighted by Gasteiger charge is 2.44. The molecule has 4 heteroatoms. The van der Waals surface area contributed by atoms with E-state index in [0.29, 0.717) is 0 Å². The van der Waals surface area contributed by atoms with E-state index in [2.05, 4.69) is 212 Å². The molecule has 0 radical (unpaired) electrons. The van der Waals surface area contributed by atoms with Crippen LogP contribution in [0, 0.1) is 6.92 Å². The van der Waals surface area contributed by atoms with Gasteiger partial charge in [-0.15, -0.1) is 0 Å². The van der Waals surface area contributed by atoms with Gasteiger partial charge in [0, 0.05) is 44.9 Å². The molecule has 0 aliphatic carbocycles. The third-order valence-electron chi connectivity index (χ3n) is 12.8. The first-order chi connectivity index (χ1) is 28.1. The van der Waals surface area contributed by atoms with E-state index in [1.807, 2.05) is 6.07 Å². The van der Waals surface area contributed by atoms with Crippen molar-refractivity contribution in [3.63, 3.8) is 0 Å². The van der Waals surface area contributed by atoms with Crippen molar-refractivity contribution in [2.75, 3.05) is 9.80 Å². The second kappa shape index (κ2) is 13.0. The van der Waals surface area contributed by atoms with Gasteiger partial charge in [-0.1, -0.05) is 141 Å². The van der Waals surface area contributed by atoms with Crippen LogP contribution >= 0.6 is 0 Å². The molecule has 0 N–H and O–H groups in total. The highest BCUT2D eigenvalue weighted by molar-refractivity contribution is 7.00. The van der Waals surface area contributed by atoms with Crippen molar-refractivity contribution in [3.05, 3.63) is 162 Å². The molecule has 0 saturated heterocycles. The minimum atomic E-state index is -0.0171. The van der Waals surface area contributed by atoms with E-state index in [-0.39, 0.29) is 23.0 Å². The first-order valence-electron chi connectivity index (χ1n) is 21.2. The summed E-state index contributed by atoms with van der Waals surface area (Å²) >= 11 is 0. The van der Waals surface area contributed by atoms with Crippen LogP contribution in [0.2, 0.25) is 0 Å². The molecule has 7 aromatic carbocycles. The second-order valence-electron chi connectivity index (χ2n) is 20.0. The SMILES string of the molecule is Cc1cc2c3c(c1)N(c1ccc(C(C)(C)C)cc1)c1cc(C(C)(C)C)ccc1B3c1ccc(C(C)(C)C)cc1N2c1ccc(-c2cccc3oc4ccccc4c23)cc1. The predicted octanol–water partition coefficient (Wildman–Crippen LogP) is 13.5. The molecule has 3 heterocycles.